The summed E-state index contributed by atoms with van der Waals surface area (Å²) in [6.45, 7) is 0. The van der Waals surface area contributed by atoms with Crippen LogP contribution in [0.2, 0.25) is 0 Å². The molecular formula is C20H12F12N2O2. The Labute approximate surface area is 191 Å². The summed E-state index contributed by atoms with van der Waals surface area (Å²) in [5.74, 6) is 0. The zero-order valence-electron chi connectivity index (χ0n) is 17.0. The molecule has 0 radical (unpaired) electrons. The number of nitrogen functional groups attached to an aromatic ring is 2. The van der Waals surface area contributed by atoms with Crippen LogP contribution in [0.15, 0.2) is 36.4 Å². The van der Waals surface area contributed by atoms with Crippen molar-refractivity contribution in [3.63, 3.8) is 0 Å². The molecule has 0 saturated carbocycles. The molecule has 0 aliphatic heterocycles. The van der Waals surface area contributed by atoms with Gasteiger partial charge in [0.1, 0.15) is 0 Å². The molecule has 198 valence electrons. The lowest BCUT2D eigenvalue weighted by Crippen LogP contribution is -2.54. The SMILES string of the molecule is Nc1cc2cc3cc(C(O)(C(F)(F)F)C(F)(F)F)c(N)cc3cc2cc1C(O)(C(F)(F)F)C(F)(F)F. The number of halogens is 12. The van der Waals surface area contributed by atoms with E-state index in [1.807, 2.05) is 0 Å². The quantitative estimate of drug-likeness (QED) is 0.188. The van der Waals surface area contributed by atoms with Gasteiger partial charge in [-0.2, -0.15) is 52.7 Å². The molecule has 3 rings (SSSR count). The van der Waals surface area contributed by atoms with E-state index in [0.29, 0.717) is 12.1 Å². The number of hydrogen-bond donors (Lipinski definition) is 4. The summed E-state index contributed by atoms with van der Waals surface area (Å²) < 4.78 is 159. The molecule has 0 spiro atoms. The van der Waals surface area contributed by atoms with Crippen LogP contribution in [0, 0.1) is 0 Å². The van der Waals surface area contributed by atoms with Crippen LogP contribution in [0.1, 0.15) is 11.1 Å². The first-order chi connectivity index (χ1) is 16.0. The molecule has 0 atom stereocenters. The lowest BCUT2D eigenvalue weighted by Gasteiger charge is -2.34. The molecule has 0 aliphatic rings. The second-order valence-corrected chi connectivity index (χ2v) is 7.84. The van der Waals surface area contributed by atoms with E-state index in [2.05, 4.69) is 0 Å². The first-order valence-electron chi connectivity index (χ1n) is 9.26. The molecule has 0 fully saturated rings. The monoisotopic (exact) mass is 540 g/mol. The van der Waals surface area contributed by atoms with Crippen molar-refractivity contribution >= 4 is 32.9 Å². The van der Waals surface area contributed by atoms with Crippen molar-refractivity contribution in [2.45, 2.75) is 35.9 Å². The topological polar surface area (TPSA) is 92.5 Å². The fourth-order valence-corrected chi connectivity index (χ4v) is 3.70. The van der Waals surface area contributed by atoms with Gasteiger partial charge in [0.15, 0.2) is 0 Å². The average Bonchev–Trinajstić information content (AvgIpc) is 2.67. The van der Waals surface area contributed by atoms with E-state index in [-0.39, 0.29) is 22.9 Å². The van der Waals surface area contributed by atoms with E-state index in [0.717, 1.165) is 12.1 Å². The Morgan fingerprint density at radius 1 is 0.417 bits per heavy atom. The second kappa shape index (κ2) is 7.68. The van der Waals surface area contributed by atoms with E-state index >= 15 is 0 Å². The molecule has 0 unspecified atom stereocenters. The molecule has 6 N–H and O–H groups in total. The summed E-state index contributed by atoms with van der Waals surface area (Å²) in [6.07, 6.45) is -25.1. The molecule has 3 aromatic rings. The van der Waals surface area contributed by atoms with Gasteiger partial charge in [0.2, 0.25) is 0 Å². The van der Waals surface area contributed by atoms with Gasteiger partial charge >= 0.3 is 24.7 Å². The third kappa shape index (κ3) is 3.82. The lowest BCUT2D eigenvalue weighted by molar-refractivity contribution is -0.376. The van der Waals surface area contributed by atoms with Crippen LogP contribution in [0.4, 0.5) is 64.1 Å². The van der Waals surface area contributed by atoms with Gasteiger partial charge in [-0.15, -0.1) is 0 Å². The van der Waals surface area contributed by atoms with Crippen LogP contribution in [0.25, 0.3) is 21.5 Å². The fourth-order valence-electron chi connectivity index (χ4n) is 3.70. The van der Waals surface area contributed by atoms with E-state index in [1.165, 1.54) is 0 Å². The summed E-state index contributed by atoms with van der Waals surface area (Å²) in [5.41, 5.74) is -6.19. The van der Waals surface area contributed by atoms with E-state index in [4.69, 9.17) is 11.5 Å². The number of fused-ring (bicyclic) bond motifs is 2. The van der Waals surface area contributed by atoms with E-state index in [1.54, 1.807) is 0 Å². The smallest absolute Gasteiger partial charge is 0.398 e. The third-order valence-corrected chi connectivity index (χ3v) is 5.55. The second-order valence-electron chi connectivity index (χ2n) is 7.84. The van der Waals surface area contributed by atoms with E-state index in [9.17, 15) is 62.9 Å². The molecule has 36 heavy (non-hydrogen) atoms. The molecule has 0 aromatic heterocycles. The van der Waals surface area contributed by atoms with E-state index < -0.39 is 69.2 Å². The summed E-state index contributed by atoms with van der Waals surface area (Å²) in [4.78, 5) is 0. The molecule has 16 heteroatoms. The van der Waals surface area contributed by atoms with Crippen molar-refractivity contribution in [2.24, 2.45) is 0 Å². The first-order valence-corrected chi connectivity index (χ1v) is 9.26. The molecule has 0 heterocycles. The maximum Gasteiger partial charge on any atom is 0.430 e. The Bertz CT molecular complexity index is 1210. The number of nitrogens with two attached hydrogens (primary N) is 2. The number of benzene rings is 3. The van der Waals surface area contributed by atoms with Gasteiger partial charge in [0.25, 0.3) is 11.2 Å². The van der Waals surface area contributed by atoms with Crippen LogP contribution in [-0.4, -0.2) is 34.9 Å². The van der Waals surface area contributed by atoms with Crippen LogP contribution >= 0.6 is 0 Å². The Morgan fingerprint density at radius 3 is 0.861 bits per heavy atom. The molecule has 0 saturated heterocycles. The summed E-state index contributed by atoms with van der Waals surface area (Å²) >= 11 is 0. The predicted octanol–water partition coefficient (Wildman–Crippen LogP) is 5.78. The summed E-state index contributed by atoms with van der Waals surface area (Å²) in [6, 6.07) is 3.11. The third-order valence-electron chi connectivity index (χ3n) is 5.55. The highest BCUT2D eigenvalue weighted by Gasteiger charge is 2.73. The molecule has 3 aromatic carbocycles. The van der Waals surface area contributed by atoms with Gasteiger partial charge in [-0.05, 0) is 57.9 Å². The predicted molar refractivity (Wildman–Crippen MR) is 102 cm³/mol. The van der Waals surface area contributed by atoms with Crippen molar-refractivity contribution in [2.75, 3.05) is 11.5 Å². The number of aliphatic hydroxyl groups is 2. The zero-order valence-corrected chi connectivity index (χ0v) is 17.0. The number of alkyl halides is 12. The lowest BCUT2D eigenvalue weighted by atomic mass is 9.86. The Balaban J connectivity index is 2.36. The minimum absolute atomic E-state index is 0.233. The maximum atomic E-state index is 13.3. The molecule has 0 aliphatic carbocycles. The van der Waals surface area contributed by atoms with Gasteiger partial charge in [-0.25, -0.2) is 0 Å². The molecular weight excluding hydrogens is 528 g/mol. The van der Waals surface area contributed by atoms with Gasteiger partial charge in [0.05, 0.1) is 0 Å². The van der Waals surface area contributed by atoms with Crippen LogP contribution in [-0.2, 0) is 11.2 Å². The van der Waals surface area contributed by atoms with Crippen molar-refractivity contribution in [3.05, 3.63) is 47.5 Å². The number of hydrogen-bond acceptors (Lipinski definition) is 4. The largest absolute Gasteiger partial charge is 0.430 e. The van der Waals surface area contributed by atoms with Crippen LogP contribution in [0.3, 0.4) is 0 Å². The highest BCUT2D eigenvalue weighted by Crippen LogP contribution is 2.54. The van der Waals surface area contributed by atoms with Gasteiger partial charge in [-0.3, -0.25) is 0 Å². The summed E-state index contributed by atoms with van der Waals surface area (Å²) in [5, 5.41) is 17.8. The van der Waals surface area contributed by atoms with Gasteiger partial charge < -0.3 is 21.7 Å². The molecule has 0 amide bonds. The highest BCUT2D eigenvalue weighted by molar-refractivity contribution is 6.01. The number of rotatable bonds is 2. The van der Waals surface area contributed by atoms with Gasteiger partial charge in [0, 0.05) is 22.5 Å². The fraction of sp³-hybridized carbons (Fsp3) is 0.300. The van der Waals surface area contributed by atoms with Crippen molar-refractivity contribution in [1.29, 1.82) is 0 Å². The van der Waals surface area contributed by atoms with Crippen molar-refractivity contribution < 1.29 is 62.9 Å². The van der Waals surface area contributed by atoms with Gasteiger partial charge in [-0.1, -0.05) is 0 Å². The Morgan fingerprint density at radius 2 is 0.639 bits per heavy atom. The Kier molecular flexibility index (Phi) is 5.85. The molecule has 4 nitrogen and oxygen atoms in total. The van der Waals surface area contributed by atoms with Crippen LogP contribution < -0.4 is 11.5 Å². The zero-order chi connectivity index (χ0) is 27.9. The minimum Gasteiger partial charge on any atom is -0.398 e. The van der Waals surface area contributed by atoms with Crippen LogP contribution in [0.5, 0.6) is 0 Å². The minimum atomic E-state index is -6.27. The van der Waals surface area contributed by atoms with Crippen molar-refractivity contribution in [3.8, 4) is 0 Å². The maximum absolute atomic E-state index is 13.3. The highest BCUT2D eigenvalue weighted by atomic mass is 19.4. The van der Waals surface area contributed by atoms with Crippen molar-refractivity contribution in [1.82, 2.24) is 0 Å². The number of anilines is 2. The standard InChI is InChI=1S/C20H12F12N2O2/c21-17(22,23)15(35,18(24,25)26)11-3-7-1-9-5-13(33)12(4-8(9)2-10(7)6-14(11)34)16(36,19(27,28)29)20(30,31)32/h1-6,35-36H,33-34H2. The summed E-state index contributed by atoms with van der Waals surface area (Å²) in [7, 11) is 0. The normalized spacial score (nSPS) is 14.6. The Hall–Kier alpha value is -3.14. The molecule has 0 bridgehead atoms. The average molecular weight is 540 g/mol. The first kappa shape index (κ1) is 27.4.